The molecule has 0 aliphatic heterocycles. The molecule has 0 spiro atoms. The van der Waals surface area contributed by atoms with Gasteiger partial charge in [-0.3, -0.25) is 4.55 Å². The maximum absolute atomic E-state index is 12.6. The molecule has 0 amide bonds. The van der Waals surface area contributed by atoms with Gasteiger partial charge in [0.25, 0.3) is 10.1 Å². The third-order valence-electron chi connectivity index (χ3n) is 10.4. The molecule has 0 heterocycles. The van der Waals surface area contributed by atoms with Crippen molar-refractivity contribution < 1.29 is 45.6 Å². The molecule has 0 aromatic heterocycles. The Bertz CT molecular complexity index is 1880. The molecule has 2 N–H and O–H groups in total. The smallest absolute Gasteiger partial charge is 0.869 e. The van der Waals surface area contributed by atoms with Gasteiger partial charge in [-0.15, -0.1) is 0 Å². The number of para-hydroxylation sites is 2. The topological polar surface area (TPSA) is 173 Å². The Labute approximate surface area is 396 Å². The van der Waals surface area contributed by atoms with Crippen LogP contribution < -0.4 is 14.6 Å². The molecule has 4 aromatic rings. The number of rotatable bonds is 28. The first kappa shape index (κ1) is 54.3. The number of unbranched alkanes of at least 4 members (excludes halogenated alkanes) is 18. The van der Waals surface area contributed by atoms with Crippen molar-refractivity contribution in [1.29, 1.82) is 0 Å². The van der Waals surface area contributed by atoms with Gasteiger partial charge in [-0.25, -0.2) is 8.42 Å². The number of ether oxygens (including phenoxy) is 2. The Morgan fingerprint density at radius 3 is 1.21 bits per heavy atom. The molecule has 0 aliphatic carbocycles. The van der Waals surface area contributed by atoms with Gasteiger partial charge in [0.1, 0.15) is 32.3 Å². The first-order valence-electron chi connectivity index (χ1n) is 21.9. The fourth-order valence-electron chi connectivity index (χ4n) is 7.02. The van der Waals surface area contributed by atoms with Gasteiger partial charge in [-0.1, -0.05) is 178 Å². The summed E-state index contributed by atoms with van der Waals surface area (Å²) in [4.78, 5) is -1.31. The number of aromatic hydroxyl groups is 1. The summed E-state index contributed by atoms with van der Waals surface area (Å²) < 4.78 is 78.2. The molecule has 4 aromatic carbocycles. The number of phenols is 1. The van der Waals surface area contributed by atoms with E-state index in [0.717, 1.165) is 50.2 Å². The van der Waals surface area contributed by atoms with E-state index in [9.17, 15) is 36.2 Å². The molecule has 13 heteroatoms. The molecular formula is C48H66CaO10S2. The Kier molecular flexibility index (Phi) is 27.0. The molecule has 0 fully saturated rings. The molecule has 10 nitrogen and oxygen atoms in total. The fraction of sp³-hybridized carbons (Fsp3) is 0.500. The Balaban J connectivity index is 0.000000413. The summed E-state index contributed by atoms with van der Waals surface area (Å²) in [7, 11) is -9.39. The summed E-state index contributed by atoms with van der Waals surface area (Å²) in [5.41, 5.74) is 1.36. The molecule has 0 atom stereocenters. The van der Waals surface area contributed by atoms with Crippen LogP contribution in [-0.4, -0.2) is 68.8 Å². The molecule has 4 rings (SSSR count). The van der Waals surface area contributed by atoms with Crippen molar-refractivity contribution in [2.45, 2.75) is 165 Å². The summed E-state index contributed by atoms with van der Waals surface area (Å²) in [6.45, 7) is 4.45. The van der Waals surface area contributed by atoms with E-state index < -0.39 is 41.5 Å². The zero-order valence-corrected chi connectivity index (χ0v) is 40.2. The Morgan fingerprint density at radius 1 is 0.492 bits per heavy atom. The minimum atomic E-state index is -4.85. The van der Waals surface area contributed by atoms with E-state index in [-0.39, 0.29) is 49.2 Å². The quantitative estimate of drug-likeness (QED) is 0.0317. The van der Waals surface area contributed by atoms with Crippen LogP contribution in [0, 0.1) is 0 Å². The minimum Gasteiger partial charge on any atom is -0.869 e. The summed E-state index contributed by atoms with van der Waals surface area (Å²) >= 11 is 0. The monoisotopic (exact) mass is 906 g/mol. The second kappa shape index (κ2) is 30.3. The largest absolute Gasteiger partial charge is 2.00 e. The molecule has 61 heavy (non-hydrogen) atoms. The zero-order chi connectivity index (χ0) is 43.6. The zero-order valence-electron chi connectivity index (χ0n) is 36.3. The van der Waals surface area contributed by atoms with Gasteiger partial charge in [0.2, 0.25) is 0 Å². The number of phenolic OH excluding ortho intramolecular Hbond substituents is 1. The summed E-state index contributed by atoms with van der Waals surface area (Å²) in [5.74, 6) is -0.463. The second-order valence-electron chi connectivity index (χ2n) is 15.4. The standard InChI is InChI=1S/2C24H34O5S.Ca/c2*1-2-3-4-5-6-7-8-9-10-12-15-20-18-19-22(30(26,27)28)23(25)24(20)29-21-16-13-11-14-17-21;/h2*11,13-14,16-19,25H,2-10,12,15H2,1H3,(H,26,27,28);/q;;+2/p-2. The van der Waals surface area contributed by atoms with Crippen LogP contribution in [0.25, 0.3) is 0 Å². The molecule has 0 unspecified atom stereocenters. The van der Waals surface area contributed by atoms with Crippen LogP contribution in [-0.2, 0) is 33.1 Å². The first-order chi connectivity index (χ1) is 28.9. The van der Waals surface area contributed by atoms with Gasteiger partial charge in [0.15, 0.2) is 11.5 Å². The van der Waals surface area contributed by atoms with E-state index in [1.54, 1.807) is 54.6 Å². The Morgan fingerprint density at radius 2 is 0.836 bits per heavy atom. The first-order valence-corrected chi connectivity index (χ1v) is 24.8. The summed E-state index contributed by atoms with van der Waals surface area (Å²) in [5, 5.41) is 23.1. The predicted octanol–water partition coefficient (Wildman–Crippen LogP) is 12.4. The molecule has 0 aliphatic rings. The van der Waals surface area contributed by atoms with E-state index in [0.29, 0.717) is 29.9 Å². The van der Waals surface area contributed by atoms with Crippen LogP contribution in [0.15, 0.2) is 94.7 Å². The normalized spacial score (nSPS) is 11.3. The minimum absolute atomic E-state index is 0. The predicted molar refractivity (Wildman–Crippen MR) is 242 cm³/mol. The maximum atomic E-state index is 12.6. The molecule has 0 radical (unpaired) electrons. The van der Waals surface area contributed by atoms with E-state index in [4.69, 9.17) is 9.47 Å². The third kappa shape index (κ3) is 20.9. The van der Waals surface area contributed by atoms with Crippen LogP contribution >= 0.6 is 0 Å². The van der Waals surface area contributed by atoms with Crippen molar-refractivity contribution in [3.05, 3.63) is 96.1 Å². The van der Waals surface area contributed by atoms with E-state index in [1.165, 1.54) is 102 Å². The van der Waals surface area contributed by atoms with Crippen molar-refractivity contribution in [2.24, 2.45) is 0 Å². The number of hydrogen-bond acceptors (Lipinski definition) is 9. The van der Waals surface area contributed by atoms with Gasteiger partial charge in [0.05, 0.1) is 4.90 Å². The molecule has 0 bridgehead atoms. The van der Waals surface area contributed by atoms with Gasteiger partial charge in [-0.05, 0) is 79.0 Å². The van der Waals surface area contributed by atoms with Crippen LogP contribution in [0.2, 0.25) is 0 Å². The SMILES string of the molecule is CCCCCCCCCCCCc1ccc(S(=O)(=O)O)c(O)c1Oc1ccccc1.CCCCCCCCCCCCc1ccc(S(=O)(=O)[O-])c([O-])c1Oc1ccccc1.[Ca+2]. The van der Waals surface area contributed by atoms with Gasteiger partial charge >= 0.3 is 37.7 Å². The maximum Gasteiger partial charge on any atom is 2.00 e. The van der Waals surface area contributed by atoms with Crippen LogP contribution in [0.4, 0.5) is 0 Å². The average Bonchev–Trinajstić information content (AvgIpc) is 3.21. The van der Waals surface area contributed by atoms with Crippen molar-refractivity contribution in [3.63, 3.8) is 0 Å². The number of hydrogen-bond donors (Lipinski definition) is 2. The van der Waals surface area contributed by atoms with E-state index >= 15 is 0 Å². The molecule has 0 saturated heterocycles. The van der Waals surface area contributed by atoms with E-state index in [2.05, 4.69) is 13.8 Å². The van der Waals surface area contributed by atoms with Crippen molar-refractivity contribution in [2.75, 3.05) is 0 Å². The van der Waals surface area contributed by atoms with Crippen LogP contribution in [0.3, 0.4) is 0 Å². The summed E-state index contributed by atoms with van der Waals surface area (Å²) in [6.07, 6.45) is 25.5. The number of benzene rings is 4. The third-order valence-corrected chi connectivity index (χ3v) is 12.2. The molecule has 0 saturated carbocycles. The molecule has 332 valence electrons. The fourth-order valence-corrected chi connectivity index (χ4v) is 8.15. The van der Waals surface area contributed by atoms with E-state index in [1.807, 2.05) is 12.1 Å². The van der Waals surface area contributed by atoms with Gasteiger partial charge < -0.3 is 24.2 Å². The van der Waals surface area contributed by atoms with Crippen molar-refractivity contribution in [1.82, 2.24) is 0 Å². The van der Waals surface area contributed by atoms with Crippen molar-refractivity contribution in [3.8, 4) is 34.5 Å². The molecular weight excluding hydrogens is 841 g/mol. The van der Waals surface area contributed by atoms with Crippen molar-refractivity contribution >= 4 is 58.0 Å². The Hall–Kier alpha value is -2.84. The van der Waals surface area contributed by atoms with Gasteiger partial charge in [-0.2, -0.15) is 8.42 Å². The summed E-state index contributed by atoms with van der Waals surface area (Å²) in [6, 6.07) is 23.0. The average molecular weight is 907 g/mol. The van der Waals surface area contributed by atoms with Crippen LogP contribution in [0.1, 0.15) is 153 Å². The van der Waals surface area contributed by atoms with Crippen LogP contribution in [0.5, 0.6) is 34.5 Å². The second-order valence-corrected chi connectivity index (χ2v) is 18.1. The number of aryl methyl sites for hydroxylation is 2. The van der Waals surface area contributed by atoms with Gasteiger partial charge in [0, 0.05) is 0 Å².